The second-order valence-electron chi connectivity index (χ2n) is 13.6. The van der Waals surface area contributed by atoms with Crippen LogP contribution in [-0.2, 0) is 9.47 Å². The van der Waals surface area contributed by atoms with Crippen molar-refractivity contribution in [1.29, 1.82) is 0 Å². The maximum atomic E-state index is 10.4. The molecule has 3 heterocycles. The van der Waals surface area contributed by atoms with Gasteiger partial charge in [-0.1, -0.05) is 27.7 Å². The molecule has 4 heteroatoms. The van der Waals surface area contributed by atoms with E-state index in [9.17, 15) is 5.11 Å². The molecule has 0 bridgehead atoms. The number of epoxide rings is 1. The second kappa shape index (κ2) is 6.29. The number of ether oxygens (including phenoxy) is 2. The number of aliphatic hydroxyl groups is 1. The Morgan fingerprint density at radius 2 is 1.65 bits per heavy atom. The predicted molar refractivity (Wildman–Crippen MR) is 119 cm³/mol. The zero-order valence-corrected chi connectivity index (χ0v) is 20.0. The van der Waals surface area contributed by atoms with Gasteiger partial charge in [-0.3, -0.25) is 0 Å². The van der Waals surface area contributed by atoms with Gasteiger partial charge in [0.1, 0.15) is 6.10 Å². The first kappa shape index (κ1) is 20.2. The Bertz CT molecular complexity index is 774. The van der Waals surface area contributed by atoms with Crippen molar-refractivity contribution in [2.45, 2.75) is 109 Å². The summed E-state index contributed by atoms with van der Waals surface area (Å²) >= 11 is 0. The average Bonchev–Trinajstić information content (AvgIpc) is 3.38. The fraction of sp³-hybridized carbons (Fsp3) is 1.00. The normalized spacial score (nSPS) is 66.7. The van der Waals surface area contributed by atoms with Gasteiger partial charge in [-0.2, -0.15) is 0 Å². The molecule has 2 N–H and O–H groups in total. The van der Waals surface area contributed by atoms with Gasteiger partial charge in [-0.15, -0.1) is 0 Å². The van der Waals surface area contributed by atoms with Gasteiger partial charge in [0.05, 0.1) is 18.2 Å². The maximum absolute atomic E-state index is 10.4. The van der Waals surface area contributed by atoms with Gasteiger partial charge in [0.15, 0.2) is 0 Å². The van der Waals surface area contributed by atoms with Crippen molar-refractivity contribution >= 4 is 0 Å². The number of hydrogen-bond donors (Lipinski definition) is 2. The minimum atomic E-state index is -0.335. The summed E-state index contributed by atoms with van der Waals surface area (Å²) in [5.74, 6) is 4.74. The van der Waals surface area contributed by atoms with E-state index in [-0.39, 0.29) is 17.3 Å². The SMILES string of the molecule is CC1CNC2C(C)C3CCC4C5CCC6CC(O)CCC6(C)C5CC4(C)C3OC23OC13. The smallest absolute Gasteiger partial charge is 0.212 e. The fourth-order valence-corrected chi connectivity index (χ4v) is 10.7. The van der Waals surface area contributed by atoms with Crippen molar-refractivity contribution in [3.05, 3.63) is 0 Å². The summed E-state index contributed by atoms with van der Waals surface area (Å²) in [7, 11) is 0. The molecule has 4 aliphatic carbocycles. The van der Waals surface area contributed by atoms with Crippen LogP contribution in [-0.4, -0.2) is 41.8 Å². The predicted octanol–water partition coefficient (Wildman–Crippen LogP) is 4.35. The lowest BCUT2D eigenvalue weighted by Crippen LogP contribution is -2.66. The quantitative estimate of drug-likeness (QED) is 0.562. The van der Waals surface area contributed by atoms with Crippen molar-refractivity contribution in [3.8, 4) is 0 Å². The summed E-state index contributed by atoms with van der Waals surface area (Å²) in [6.45, 7) is 11.1. The molecule has 0 aromatic rings. The average molecular weight is 430 g/mol. The first-order chi connectivity index (χ1) is 14.8. The third kappa shape index (κ3) is 2.42. The van der Waals surface area contributed by atoms with Crippen LogP contribution in [0.25, 0.3) is 0 Å². The lowest BCUT2D eigenvalue weighted by atomic mass is 9.52. The molecule has 14 atom stereocenters. The molecule has 0 amide bonds. The summed E-state index contributed by atoms with van der Waals surface area (Å²) in [5, 5.41) is 14.2. The van der Waals surface area contributed by atoms with Gasteiger partial charge in [0.2, 0.25) is 5.79 Å². The zero-order valence-electron chi connectivity index (χ0n) is 20.0. The third-order valence-corrected chi connectivity index (χ3v) is 12.4. The molecule has 174 valence electrons. The Balaban J connectivity index is 1.23. The van der Waals surface area contributed by atoms with Crippen molar-refractivity contribution < 1.29 is 14.6 Å². The van der Waals surface area contributed by atoms with Gasteiger partial charge in [0, 0.05) is 12.5 Å². The van der Waals surface area contributed by atoms with Crippen LogP contribution >= 0.6 is 0 Å². The topological polar surface area (TPSA) is 54.0 Å². The largest absolute Gasteiger partial charge is 0.393 e. The van der Waals surface area contributed by atoms with E-state index in [1.807, 2.05) is 0 Å². The first-order valence-electron chi connectivity index (χ1n) is 13.5. The Morgan fingerprint density at radius 1 is 0.871 bits per heavy atom. The molecule has 3 aliphatic heterocycles. The molecular weight excluding hydrogens is 386 g/mol. The number of fused-ring (bicyclic) bond motifs is 7. The van der Waals surface area contributed by atoms with Gasteiger partial charge in [-0.05, 0) is 97.7 Å². The number of hydrogen-bond acceptors (Lipinski definition) is 4. The molecule has 4 nitrogen and oxygen atoms in total. The molecule has 1 spiro atoms. The molecular formula is C27H43NO3. The summed E-state index contributed by atoms with van der Waals surface area (Å²) in [6, 6.07) is 0.375. The number of aliphatic hydroxyl groups excluding tert-OH is 1. The molecule has 31 heavy (non-hydrogen) atoms. The minimum absolute atomic E-state index is 0.0541. The first-order valence-corrected chi connectivity index (χ1v) is 13.5. The van der Waals surface area contributed by atoms with Crippen LogP contribution in [0.5, 0.6) is 0 Å². The van der Waals surface area contributed by atoms with Crippen molar-refractivity contribution in [2.75, 3.05) is 6.54 Å². The summed E-state index contributed by atoms with van der Waals surface area (Å²) in [5.41, 5.74) is 0.718. The standard InChI is InChI=1S/C27H43NO3/c1-14-13-28-22-15(2)18-7-8-20-19-6-5-16-11-17(29)9-10-25(16,3)21(19)12-26(20,4)24(18)31-27(22)23(14)30-27/h14-24,28-29H,5-13H2,1-4H3. The van der Waals surface area contributed by atoms with Crippen LogP contribution in [0.2, 0.25) is 0 Å². The molecule has 14 unspecified atom stereocenters. The van der Waals surface area contributed by atoms with Gasteiger partial charge >= 0.3 is 0 Å². The molecule has 0 aromatic heterocycles. The Kier molecular flexibility index (Phi) is 4.10. The Morgan fingerprint density at radius 3 is 2.48 bits per heavy atom. The van der Waals surface area contributed by atoms with Crippen LogP contribution in [0.1, 0.15) is 79.1 Å². The van der Waals surface area contributed by atoms with E-state index in [4.69, 9.17) is 9.47 Å². The van der Waals surface area contributed by atoms with E-state index in [2.05, 4.69) is 33.0 Å². The van der Waals surface area contributed by atoms with Crippen LogP contribution in [0.15, 0.2) is 0 Å². The number of nitrogens with one attached hydrogen (secondary N) is 1. The summed E-state index contributed by atoms with van der Waals surface area (Å²) < 4.78 is 13.6. The Labute approximate surface area is 188 Å². The van der Waals surface area contributed by atoms with Crippen molar-refractivity contribution in [2.24, 2.45) is 52.3 Å². The minimum Gasteiger partial charge on any atom is -0.393 e. The highest BCUT2D eigenvalue weighted by Gasteiger charge is 2.75. The van der Waals surface area contributed by atoms with Crippen LogP contribution in [0, 0.1) is 52.3 Å². The second-order valence-corrected chi connectivity index (χ2v) is 13.6. The van der Waals surface area contributed by atoms with E-state index in [1.165, 1.54) is 38.5 Å². The van der Waals surface area contributed by atoms with Gasteiger partial charge < -0.3 is 19.9 Å². The molecule has 0 radical (unpaired) electrons. The summed E-state index contributed by atoms with van der Waals surface area (Å²) in [6.07, 6.45) is 10.7. The molecule has 0 aromatic carbocycles. The van der Waals surface area contributed by atoms with Crippen molar-refractivity contribution in [3.63, 3.8) is 0 Å². The lowest BCUT2D eigenvalue weighted by Gasteiger charge is -2.57. The van der Waals surface area contributed by atoms with E-state index in [1.54, 1.807) is 0 Å². The molecule has 7 fully saturated rings. The lowest BCUT2D eigenvalue weighted by molar-refractivity contribution is -0.245. The monoisotopic (exact) mass is 429 g/mol. The van der Waals surface area contributed by atoms with Crippen molar-refractivity contribution in [1.82, 2.24) is 5.32 Å². The maximum Gasteiger partial charge on any atom is 0.212 e. The van der Waals surface area contributed by atoms with Crippen LogP contribution < -0.4 is 5.32 Å². The molecule has 7 aliphatic rings. The number of rotatable bonds is 0. The molecule has 3 saturated heterocycles. The van der Waals surface area contributed by atoms with Crippen LogP contribution in [0.3, 0.4) is 0 Å². The highest BCUT2D eigenvalue weighted by molar-refractivity contribution is 5.20. The number of piperidine rings is 1. The van der Waals surface area contributed by atoms with Gasteiger partial charge in [0.25, 0.3) is 0 Å². The highest BCUT2D eigenvalue weighted by atomic mass is 16.8. The third-order valence-electron chi connectivity index (χ3n) is 12.4. The summed E-state index contributed by atoms with van der Waals surface area (Å²) in [4.78, 5) is 0. The van der Waals surface area contributed by atoms with E-state index < -0.39 is 0 Å². The van der Waals surface area contributed by atoms with E-state index >= 15 is 0 Å². The Hall–Kier alpha value is -0.160. The molecule has 7 rings (SSSR count). The zero-order chi connectivity index (χ0) is 21.3. The van der Waals surface area contributed by atoms with E-state index in [0.29, 0.717) is 41.4 Å². The van der Waals surface area contributed by atoms with Gasteiger partial charge in [-0.25, -0.2) is 0 Å². The highest BCUT2D eigenvalue weighted by Crippen LogP contribution is 2.71. The molecule has 4 saturated carbocycles. The van der Waals surface area contributed by atoms with Crippen LogP contribution in [0.4, 0.5) is 0 Å². The van der Waals surface area contributed by atoms with E-state index in [0.717, 1.165) is 43.1 Å². The fourth-order valence-electron chi connectivity index (χ4n) is 10.7.